The first-order valence-electron chi connectivity index (χ1n) is 12.4. The van der Waals surface area contributed by atoms with E-state index in [4.69, 9.17) is 9.97 Å². The highest BCUT2D eigenvalue weighted by Crippen LogP contribution is 2.40. The number of halogens is 1. The van der Waals surface area contributed by atoms with Gasteiger partial charge < -0.3 is 0 Å². The predicted octanol–water partition coefficient (Wildman–Crippen LogP) is 10.1. The van der Waals surface area contributed by atoms with Crippen molar-refractivity contribution < 1.29 is 0 Å². The van der Waals surface area contributed by atoms with E-state index in [0.29, 0.717) is 0 Å². The van der Waals surface area contributed by atoms with Gasteiger partial charge in [-0.15, -0.1) is 11.3 Å². The maximum absolute atomic E-state index is 5.15. The molecule has 0 bridgehead atoms. The fourth-order valence-electron chi connectivity index (χ4n) is 4.98. The lowest BCUT2D eigenvalue weighted by atomic mass is 9.95. The fraction of sp³-hybridized carbons (Fsp3) is 0. The molecule has 7 rings (SSSR count). The van der Waals surface area contributed by atoms with E-state index in [2.05, 4.69) is 150 Å². The quantitative estimate of drug-likeness (QED) is 0.145. The van der Waals surface area contributed by atoms with Gasteiger partial charge in [0.25, 0.3) is 0 Å². The summed E-state index contributed by atoms with van der Waals surface area (Å²) >= 11 is 4.12. The lowest BCUT2D eigenvalue weighted by Crippen LogP contribution is -1.96. The third-order valence-corrected chi connectivity index (χ3v) is 8.56. The zero-order valence-electron chi connectivity index (χ0n) is 20.3. The fourth-order valence-corrected chi connectivity index (χ4v) is 6.71. The van der Waals surface area contributed by atoms with E-state index < -0.39 is 0 Å². The molecule has 0 amide bonds. The number of hydrogen-bond donors (Lipinski definition) is 0. The molecule has 2 aromatic heterocycles. The maximum Gasteiger partial charge on any atom is 0.162 e. The Morgan fingerprint density at radius 1 is 0.500 bits per heavy atom. The molecule has 0 spiro atoms. The first kappa shape index (κ1) is 23.3. The van der Waals surface area contributed by atoms with Crippen molar-refractivity contribution >= 4 is 54.1 Å². The second kappa shape index (κ2) is 9.78. The number of fused-ring (bicyclic) bond motifs is 3. The molecule has 2 nitrogen and oxygen atoms in total. The molecule has 0 aliphatic carbocycles. The largest absolute Gasteiger partial charge is 0.228 e. The van der Waals surface area contributed by atoms with Gasteiger partial charge in [0.2, 0.25) is 0 Å². The van der Waals surface area contributed by atoms with Gasteiger partial charge in [0.1, 0.15) is 3.70 Å². The number of nitrogens with zero attached hydrogens (tertiary/aromatic N) is 2. The van der Waals surface area contributed by atoms with Crippen LogP contribution in [-0.4, -0.2) is 9.97 Å². The lowest BCUT2D eigenvalue weighted by Gasteiger charge is -2.12. The second-order valence-corrected chi connectivity index (χ2v) is 11.4. The Bertz CT molecular complexity index is 1870. The molecule has 0 saturated heterocycles. The summed E-state index contributed by atoms with van der Waals surface area (Å²) < 4.78 is 3.43. The molecule has 0 aliphatic heterocycles. The molecule has 5 aromatic carbocycles. The predicted molar refractivity (Wildman–Crippen MR) is 169 cm³/mol. The Hall–Kier alpha value is -3.87. The first-order valence-corrected chi connectivity index (χ1v) is 14.3. The van der Waals surface area contributed by atoms with Crippen molar-refractivity contribution in [3.63, 3.8) is 0 Å². The topological polar surface area (TPSA) is 25.8 Å². The van der Waals surface area contributed by atoms with E-state index in [1.54, 1.807) is 0 Å². The minimum atomic E-state index is 0.760. The molecule has 0 atom stereocenters. The molecule has 0 radical (unpaired) electrons. The Labute approximate surface area is 238 Å². The second-order valence-electron chi connectivity index (χ2n) is 9.21. The van der Waals surface area contributed by atoms with Crippen molar-refractivity contribution in [1.82, 2.24) is 9.97 Å². The monoisotopic (exact) mass is 616 g/mol. The average molecular weight is 617 g/mol. The maximum atomic E-state index is 5.15. The summed E-state index contributed by atoms with van der Waals surface area (Å²) in [6.07, 6.45) is 0. The summed E-state index contributed by atoms with van der Waals surface area (Å²) in [5.74, 6) is 0.760. The van der Waals surface area contributed by atoms with Gasteiger partial charge in [-0.05, 0) is 81.2 Å². The van der Waals surface area contributed by atoms with E-state index >= 15 is 0 Å². The van der Waals surface area contributed by atoms with Gasteiger partial charge in [0.05, 0.1) is 5.69 Å². The molecule has 38 heavy (non-hydrogen) atoms. The van der Waals surface area contributed by atoms with Gasteiger partial charge >= 0.3 is 0 Å². The zero-order chi connectivity index (χ0) is 25.5. The molecule has 0 aliphatic rings. The van der Waals surface area contributed by atoms with Crippen LogP contribution in [0.3, 0.4) is 0 Å². The summed E-state index contributed by atoms with van der Waals surface area (Å²) in [5, 5.41) is 2.54. The van der Waals surface area contributed by atoms with Crippen molar-refractivity contribution in [3.05, 3.63) is 131 Å². The van der Waals surface area contributed by atoms with Crippen LogP contribution in [0.5, 0.6) is 0 Å². The van der Waals surface area contributed by atoms with Gasteiger partial charge in [-0.25, -0.2) is 9.97 Å². The van der Waals surface area contributed by atoms with Crippen LogP contribution in [-0.2, 0) is 0 Å². The molecule has 4 heteroatoms. The third kappa shape index (κ3) is 4.30. The summed E-state index contributed by atoms with van der Waals surface area (Å²) in [7, 11) is 0. The van der Waals surface area contributed by atoms with Crippen molar-refractivity contribution in [1.29, 1.82) is 0 Å². The number of hydrogen-bond acceptors (Lipinski definition) is 3. The van der Waals surface area contributed by atoms with E-state index in [0.717, 1.165) is 26.3 Å². The highest BCUT2D eigenvalue weighted by molar-refractivity contribution is 14.1. The van der Waals surface area contributed by atoms with Crippen LogP contribution in [0, 0.1) is 3.70 Å². The van der Waals surface area contributed by atoms with Crippen LogP contribution in [0.1, 0.15) is 0 Å². The van der Waals surface area contributed by atoms with Crippen molar-refractivity contribution in [2.75, 3.05) is 0 Å². The van der Waals surface area contributed by atoms with E-state index in [1.165, 1.54) is 42.4 Å². The lowest BCUT2D eigenvalue weighted by molar-refractivity contribution is 1.15. The van der Waals surface area contributed by atoms with Crippen LogP contribution >= 0.6 is 33.9 Å². The normalized spacial score (nSPS) is 11.3. The summed E-state index contributed by atoms with van der Waals surface area (Å²) in [4.78, 5) is 10.0. The average Bonchev–Trinajstić information content (AvgIpc) is 3.36. The Balaban J connectivity index is 1.43. The van der Waals surface area contributed by atoms with E-state index in [-0.39, 0.29) is 0 Å². The Morgan fingerprint density at radius 3 is 1.82 bits per heavy atom. The van der Waals surface area contributed by atoms with Gasteiger partial charge in [0, 0.05) is 31.3 Å². The van der Waals surface area contributed by atoms with E-state index in [1.807, 2.05) is 11.3 Å². The van der Waals surface area contributed by atoms with Crippen LogP contribution in [0.4, 0.5) is 0 Å². The van der Waals surface area contributed by atoms with Crippen molar-refractivity contribution in [3.8, 4) is 44.9 Å². The van der Waals surface area contributed by atoms with Gasteiger partial charge in [-0.2, -0.15) is 0 Å². The van der Waals surface area contributed by atoms with Gasteiger partial charge in [-0.1, -0.05) is 91.0 Å². The number of rotatable bonds is 4. The summed E-state index contributed by atoms with van der Waals surface area (Å²) in [6.45, 7) is 0. The zero-order valence-corrected chi connectivity index (χ0v) is 23.3. The van der Waals surface area contributed by atoms with Gasteiger partial charge in [-0.3, -0.25) is 0 Å². The van der Waals surface area contributed by atoms with Gasteiger partial charge in [0.15, 0.2) is 5.82 Å². The molecular formula is C34H21IN2S. The molecule has 0 N–H and O–H groups in total. The molecule has 0 unspecified atom stereocenters. The van der Waals surface area contributed by atoms with Crippen molar-refractivity contribution in [2.45, 2.75) is 0 Å². The summed E-state index contributed by atoms with van der Waals surface area (Å²) in [5.41, 5.74) is 7.79. The van der Waals surface area contributed by atoms with Crippen LogP contribution < -0.4 is 0 Å². The number of aromatic nitrogens is 2. The molecule has 7 aromatic rings. The van der Waals surface area contributed by atoms with E-state index in [9.17, 15) is 0 Å². The van der Waals surface area contributed by atoms with Crippen LogP contribution in [0.25, 0.3) is 65.1 Å². The number of benzene rings is 5. The molecule has 2 heterocycles. The standard InChI is InChI=1S/C34H21IN2S/c35-32-21-30(36-34(37-32)29-16-9-15-28-27-14-7-8-17-31(27)38-33(28)29)26-19-24(22-10-3-1-4-11-22)18-25(20-26)23-12-5-2-6-13-23/h1-21H. The molecular weight excluding hydrogens is 595 g/mol. The van der Waals surface area contributed by atoms with Crippen LogP contribution in [0.15, 0.2) is 127 Å². The third-order valence-electron chi connectivity index (χ3n) is 6.78. The first-order chi connectivity index (χ1) is 18.7. The molecule has 0 saturated carbocycles. The minimum absolute atomic E-state index is 0.760. The van der Waals surface area contributed by atoms with Crippen LogP contribution in [0.2, 0.25) is 0 Å². The highest BCUT2D eigenvalue weighted by atomic mass is 127. The minimum Gasteiger partial charge on any atom is -0.228 e. The summed E-state index contributed by atoms with van der Waals surface area (Å²) in [6, 6.07) is 44.9. The van der Waals surface area contributed by atoms with Crippen molar-refractivity contribution in [2.24, 2.45) is 0 Å². The molecule has 0 fully saturated rings. The Morgan fingerprint density at radius 2 is 1.11 bits per heavy atom. The Kier molecular flexibility index (Phi) is 5.99. The SMILES string of the molecule is Ic1cc(-c2cc(-c3ccccc3)cc(-c3ccccc3)c2)nc(-c2cccc3c2sc2ccccc23)n1. The number of thiophene rings is 1. The smallest absolute Gasteiger partial charge is 0.162 e. The highest BCUT2D eigenvalue weighted by Gasteiger charge is 2.15. The molecule has 180 valence electrons.